The van der Waals surface area contributed by atoms with E-state index in [2.05, 4.69) is 19.9 Å². The summed E-state index contributed by atoms with van der Waals surface area (Å²) in [6, 6.07) is 3.51. The maximum atomic E-state index is 13.4. The van der Waals surface area contributed by atoms with Gasteiger partial charge < -0.3 is 15.7 Å². The topological polar surface area (TPSA) is 108 Å². The van der Waals surface area contributed by atoms with Crippen LogP contribution in [0.3, 0.4) is 0 Å². The first-order valence-corrected chi connectivity index (χ1v) is 12.7. The molecule has 0 unspecified atom stereocenters. The number of hydrogen-bond donors (Lipinski definition) is 2. The van der Waals surface area contributed by atoms with E-state index in [1.54, 1.807) is 18.0 Å². The first-order chi connectivity index (χ1) is 17.0. The number of nitrogens with zero attached hydrogens (tertiary/aromatic N) is 5. The molecule has 2 fully saturated rings. The zero-order chi connectivity index (χ0) is 25.7. The van der Waals surface area contributed by atoms with E-state index in [9.17, 15) is 23.1 Å². The summed E-state index contributed by atoms with van der Waals surface area (Å²) in [4.78, 5) is 29.0. The molecule has 1 aliphatic heterocycles. The van der Waals surface area contributed by atoms with Crippen LogP contribution in [-0.4, -0.2) is 62.6 Å². The number of benzene rings is 1. The summed E-state index contributed by atoms with van der Waals surface area (Å²) in [5, 5.41) is 13.8. The normalized spacial score (nSPS) is 23.5. The number of rotatable bonds is 6. The third-order valence-electron chi connectivity index (χ3n) is 7.17. The van der Waals surface area contributed by atoms with Crippen LogP contribution >= 0.6 is 11.3 Å². The maximum absolute atomic E-state index is 13.4. The van der Waals surface area contributed by atoms with Crippen molar-refractivity contribution in [2.24, 2.45) is 5.73 Å². The highest BCUT2D eigenvalue weighted by Gasteiger charge is 2.43. The zero-order valence-electron chi connectivity index (χ0n) is 19.7. The number of primary amides is 1. The lowest BCUT2D eigenvalue weighted by atomic mass is 9.81. The van der Waals surface area contributed by atoms with Crippen molar-refractivity contribution in [2.75, 3.05) is 24.5 Å². The Hall–Kier alpha value is -2.83. The van der Waals surface area contributed by atoms with Gasteiger partial charge in [0.2, 0.25) is 5.91 Å². The van der Waals surface area contributed by atoms with E-state index in [1.165, 1.54) is 17.4 Å². The van der Waals surface area contributed by atoms with Crippen LogP contribution in [0.2, 0.25) is 0 Å². The molecule has 5 rings (SSSR count). The molecule has 3 heterocycles. The number of halogens is 3. The highest BCUT2D eigenvalue weighted by molar-refractivity contribution is 7.09. The average molecular weight is 521 g/mol. The molecule has 2 aromatic heterocycles. The van der Waals surface area contributed by atoms with E-state index in [-0.39, 0.29) is 29.8 Å². The van der Waals surface area contributed by atoms with Crippen LogP contribution in [0.1, 0.15) is 42.1 Å². The molecule has 3 N–H and O–H groups in total. The molecule has 1 saturated carbocycles. The maximum Gasteiger partial charge on any atom is 0.416 e. The van der Waals surface area contributed by atoms with Crippen LogP contribution < -0.4 is 10.6 Å². The minimum atomic E-state index is -4.51. The molecule has 0 spiro atoms. The monoisotopic (exact) mass is 520 g/mol. The van der Waals surface area contributed by atoms with E-state index in [0.29, 0.717) is 37.3 Å². The highest BCUT2D eigenvalue weighted by atomic mass is 32.1. The minimum absolute atomic E-state index is 0.135. The Morgan fingerprint density at radius 3 is 2.61 bits per heavy atom. The number of thiazole rings is 1. The molecular formula is C24H27F3N6O2S. The second kappa shape index (κ2) is 9.24. The number of hydrogen-bond acceptors (Lipinski definition) is 8. The summed E-state index contributed by atoms with van der Waals surface area (Å²) < 4.78 is 40.3. The number of carbonyl (C=O) groups excluding carboxylic acids is 1. The molecule has 1 saturated heterocycles. The predicted octanol–water partition coefficient (Wildman–Crippen LogP) is 3.22. The third kappa shape index (κ3) is 4.76. The molecule has 1 aliphatic carbocycles. The molecular weight excluding hydrogens is 493 g/mol. The number of nitrogens with two attached hydrogens (primary N) is 1. The van der Waals surface area contributed by atoms with Crippen LogP contribution in [0, 0.1) is 6.92 Å². The molecule has 3 aromatic rings. The number of fused-ring (bicyclic) bond motifs is 1. The Balaban J connectivity index is 1.35. The van der Waals surface area contributed by atoms with Gasteiger partial charge >= 0.3 is 6.18 Å². The molecule has 1 amide bonds. The predicted molar refractivity (Wildman–Crippen MR) is 129 cm³/mol. The number of alkyl halides is 3. The van der Waals surface area contributed by atoms with Gasteiger partial charge in [-0.15, -0.1) is 11.3 Å². The summed E-state index contributed by atoms with van der Waals surface area (Å²) in [6.07, 6.45) is 0.0418. The van der Waals surface area contributed by atoms with Gasteiger partial charge in [0.25, 0.3) is 0 Å². The number of anilines is 1. The number of carbonyl (C=O) groups is 1. The first kappa shape index (κ1) is 24.8. The van der Waals surface area contributed by atoms with Gasteiger partial charge in [-0.25, -0.2) is 15.0 Å². The van der Waals surface area contributed by atoms with Crippen molar-refractivity contribution in [1.29, 1.82) is 0 Å². The number of aryl methyl sites for hydroxylation is 1. The first-order valence-electron chi connectivity index (χ1n) is 11.8. The van der Waals surface area contributed by atoms with Gasteiger partial charge in [-0.05, 0) is 50.8 Å². The molecule has 2 aliphatic rings. The van der Waals surface area contributed by atoms with E-state index in [0.717, 1.165) is 30.0 Å². The fraction of sp³-hybridized carbons (Fsp3) is 0.500. The second-order valence-corrected chi connectivity index (χ2v) is 10.5. The van der Waals surface area contributed by atoms with E-state index in [4.69, 9.17) is 5.73 Å². The summed E-state index contributed by atoms with van der Waals surface area (Å²) in [7, 11) is 0. The van der Waals surface area contributed by atoms with Gasteiger partial charge in [-0.1, -0.05) is 0 Å². The van der Waals surface area contributed by atoms with Gasteiger partial charge in [0.05, 0.1) is 23.7 Å². The molecule has 192 valence electrons. The van der Waals surface area contributed by atoms with Crippen molar-refractivity contribution in [3.05, 3.63) is 46.2 Å². The quantitative estimate of drug-likeness (QED) is 0.514. The van der Waals surface area contributed by atoms with Gasteiger partial charge in [0.15, 0.2) is 0 Å². The standard InChI is InChI=1S/C24H27F3N6O2S/c1-14-30-19-3-2-15(24(25,26)27)10-18(19)21(31-14)33(13-20(28)34)17-11-32(12-17)16-4-6-23(35,7-5-16)22-29-8-9-36-22/h2-3,8-10,16-17,35H,4-7,11-13H2,1H3,(H2,28,34). The largest absolute Gasteiger partial charge is 0.416 e. The Morgan fingerprint density at radius 2 is 2.00 bits per heavy atom. The van der Waals surface area contributed by atoms with E-state index < -0.39 is 23.2 Å². The van der Waals surface area contributed by atoms with Gasteiger partial charge in [-0.3, -0.25) is 9.69 Å². The molecule has 8 nitrogen and oxygen atoms in total. The van der Waals surface area contributed by atoms with E-state index in [1.807, 2.05) is 5.38 Å². The lowest BCUT2D eigenvalue weighted by molar-refractivity contribution is -0.137. The minimum Gasteiger partial charge on any atom is -0.383 e. The number of likely N-dealkylation sites (tertiary alicyclic amines) is 1. The van der Waals surface area contributed by atoms with Crippen LogP contribution in [-0.2, 0) is 16.6 Å². The van der Waals surface area contributed by atoms with Crippen molar-refractivity contribution in [2.45, 2.75) is 56.5 Å². The van der Waals surface area contributed by atoms with Crippen molar-refractivity contribution < 1.29 is 23.1 Å². The molecule has 0 bridgehead atoms. The lowest BCUT2D eigenvalue weighted by Gasteiger charge is -2.51. The third-order valence-corrected chi connectivity index (χ3v) is 8.14. The van der Waals surface area contributed by atoms with Crippen molar-refractivity contribution >= 4 is 34.0 Å². The highest BCUT2D eigenvalue weighted by Crippen LogP contribution is 2.41. The molecule has 0 radical (unpaired) electrons. The van der Waals surface area contributed by atoms with Crippen molar-refractivity contribution in [3.8, 4) is 0 Å². The molecule has 0 atom stereocenters. The summed E-state index contributed by atoms with van der Waals surface area (Å²) in [5.41, 5.74) is 4.22. The average Bonchev–Trinajstić information content (AvgIpc) is 3.33. The Labute approximate surface area is 210 Å². The molecule has 36 heavy (non-hydrogen) atoms. The molecule has 1 aromatic carbocycles. The van der Waals surface area contributed by atoms with Crippen molar-refractivity contribution in [1.82, 2.24) is 19.9 Å². The zero-order valence-corrected chi connectivity index (χ0v) is 20.5. The summed E-state index contributed by atoms with van der Waals surface area (Å²) >= 11 is 1.46. The Bertz CT molecular complexity index is 1250. The fourth-order valence-corrected chi connectivity index (χ4v) is 6.06. The Morgan fingerprint density at radius 1 is 1.28 bits per heavy atom. The fourth-order valence-electron chi connectivity index (χ4n) is 5.26. The van der Waals surface area contributed by atoms with Gasteiger partial charge in [0, 0.05) is 36.1 Å². The van der Waals surface area contributed by atoms with Crippen LogP contribution in [0.15, 0.2) is 29.8 Å². The number of aromatic nitrogens is 3. The lowest BCUT2D eigenvalue weighted by Crippen LogP contribution is -2.64. The van der Waals surface area contributed by atoms with Crippen LogP contribution in [0.4, 0.5) is 19.0 Å². The van der Waals surface area contributed by atoms with Crippen molar-refractivity contribution in [3.63, 3.8) is 0 Å². The Kier molecular flexibility index (Phi) is 6.38. The summed E-state index contributed by atoms with van der Waals surface area (Å²) in [5.74, 6) is 0.0986. The number of aliphatic hydroxyl groups is 1. The van der Waals surface area contributed by atoms with Crippen LogP contribution in [0.5, 0.6) is 0 Å². The van der Waals surface area contributed by atoms with Gasteiger partial charge in [0.1, 0.15) is 22.3 Å². The summed E-state index contributed by atoms with van der Waals surface area (Å²) in [6.45, 7) is 2.75. The number of amides is 1. The van der Waals surface area contributed by atoms with Gasteiger partial charge in [-0.2, -0.15) is 13.2 Å². The molecule has 12 heteroatoms. The second-order valence-electron chi connectivity index (χ2n) is 9.63. The SMILES string of the molecule is Cc1nc(N(CC(N)=O)C2CN(C3CCC(O)(c4nccs4)CC3)C2)c2cc(C(F)(F)F)ccc2n1. The smallest absolute Gasteiger partial charge is 0.383 e. The van der Waals surface area contributed by atoms with E-state index >= 15 is 0 Å². The van der Waals surface area contributed by atoms with Crippen LogP contribution in [0.25, 0.3) is 10.9 Å².